The summed E-state index contributed by atoms with van der Waals surface area (Å²) in [6, 6.07) is 6.73. The number of carboxylic acid groups (broad SMARTS) is 1. The van der Waals surface area contributed by atoms with Gasteiger partial charge in [-0.15, -0.1) is 11.8 Å². The van der Waals surface area contributed by atoms with Crippen molar-refractivity contribution in [3.05, 3.63) is 29.8 Å². The number of aliphatic carboxylic acids is 1. The maximum absolute atomic E-state index is 12.4. The molecule has 0 bridgehead atoms. The number of rotatable bonds is 4. The average molecular weight is 293 g/mol. The van der Waals surface area contributed by atoms with Crippen LogP contribution < -0.4 is 0 Å². The number of carbonyl (C=O) groups is 2. The summed E-state index contributed by atoms with van der Waals surface area (Å²) in [5, 5.41) is 9.62. The van der Waals surface area contributed by atoms with Gasteiger partial charge in [0.15, 0.2) is 0 Å². The van der Waals surface area contributed by atoms with E-state index in [-0.39, 0.29) is 5.91 Å². The third-order valence-electron chi connectivity index (χ3n) is 3.27. The highest BCUT2D eigenvalue weighted by Crippen LogP contribution is 2.25. The lowest BCUT2D eigenvalue weighted by atomic mass is 10.1. The van der Waals surface area contributed by atoms with Gasteiger partial charge >= 0.3 is 5.97 Å². The predicted octanol–water partition coefficient (Wildman–Crippen LogP) is 2.88. The van der Waals surface area contributed by atoms with Crippen molar-refractivity contribution in [3.63, 3.8) is 0 Å². The molecule has 1 heterocycles. The number of hydrogen-bond acceptors (Lipinski definition) is 3. The van der Waals surface area contributed by atoms with Gasteiger partial charge in [0.2, 0.25) is 0 Å². The first kappa shape index (κ1) is 14.9. The molecule has 1 saturated heterocycles. The zero-order valence-electron chi connectivity index (χ0n) is 11.7. The fourth-order valence-corrected chi connectivity index (χ4v) is 3.22. The monoisotopic (exact) mass is 293 g/mol. The molecule has 1 aliphatic heterocycles. The van der Waals surface area contributed by atoms with E-state index >= 15 is 0 Å². The number of nitrogens with zero attached hydrogens (tertiary/aromatic N) is 1. The molecule has 1 aromatic carbocycles. The summed E-state index contributed by atoms with van der Waals surface area (Å²) < 4.78 is 0. The van der Waals surface area contributed by atoms with Gasteiger partial charge in [0.25, 0.3) is 5.91 Å². The molecule has 2 rings (SSSR count). The number of hydrogen-bond donors (Lipinski definition) is 1. The minimum Gasteiger partial charge on any atom is -0.480 e. The summed E-state index contributed by atoms with van der Waals surface area (Å²) in [5.41, 5.74) is 0.561. The molecule has 1 atom stereocenters. The van der Waals surface area contributed by atoms with Crippen LogP contribution in [0.3, 0.4) is 0 Å². The van der Waals surface area contributed by atoms with E-state index < -0.39 is 12.0 Å². The molecule has 1 amide bonds. The Hall–Kier alpha value is -1.49. The lowest BCUT2D eigenvalue weighted by Gasteiger charge is -2.21. The summed E-state index contributed by atoms with van der Waals surface area (Å²) in [7, 11) is 0. The normalized spacial score (nSPS) is 18.6. The molecule has 4 nitrogen and oxygen atoms in total. The van der Waals surface area contributed by atoms with Crippen molar-refractivity contribution in [1.82, 2.24) is 4.90 Å². The minimum atomic E-state index is -0.914. The molecule has 0 aromatic heterocycles. The molecule has 1 N–H and O–H groups in total. The van der Waals surface area contributed by atoms with E-state index in [4.69, 9.17) is 5.11 Å². The standard InChI is InChI=1S/C15H19NO3S/c1-10(2)20-12-7-5-11(6-8-12)14(17)16-9-3-4-13(16)15(18)19/h5-8,10,13H,3-4,9H2,1-2H3,(H,18,19)/t13-/m0/s1. The van der Waals surface area contributed by atoms with Crippen LogP contribution in [0.15, 0.2) is 29.2 Å². The molecule has 1 fully saturated rings. The summed E-state index contributed by atoms with van der Waals surface area (Å²) in [6.45, 7) is 4.76. The fourth-order valence-electron chi connectivity index (χ4n) is 2.38. The summed E-state index contributed by atoms with van der Waals surface area (Å²) in [4.78, 5) is 26.1. The molecule has 0 spiro atoms. The maximum Gasteiger partial charge on any atom is 0.326 e. The van der Waals surface area contributed by atoms with Crippen molar-refractivity contribution in [3.8, 4) is 0 Å². The van der Waals surface area contributed by atoms with Gasteiger partial charge in [-0.05, 0) is 37.1 Å². The van der Waals surface area contributed by atoms with E-state index in [1.54, 1.807) is 23.9 Å². The van der Waals surface area contributed by atoms with Crippen LogP contribution >= 0.6 is 11.8 Å². The lowest BCUT2D eigenvalue weighted by Crippen LogP contribution is -2.40. The van der Waals surface area contributed by atoms with Crippen LogP contribution in [0.5, 0.6) is 0 Å². The highest BCUT2D eigenvalue weighted by atomic mass is 32.2. The Kier molecular flexibility index (Phi) is 4.70. The first-order chi connectivity index (χ1) is 9.49. The molecule has 5 heteroatoms. The summed E-state index contributed by atoms with van der Waals surface area (Å²) in [5.74, 6) is -1.10. The van der Waals surface area contributed by atoms with Gasteiger partial charge in [-0.2, -0.15) is 0 Å². The molecule has 0 radical (unpaired) electrons. The van der Waals surface area contributed by atoms with E-state index in [2.05, 4.69) is 13.8 Å². The smallest absolute Gasteiger partial charge is 0.326 e. The van der Waals surface area contributed by atoms with Crippen molar-refractivity contribution in [1.29, 1.82) is 0 Å². The third-order valence-corrected chi connectivity index (χ3v) is 4.29. The number of amides is 1. The highest BCUT2D eigenvalue weighted by molar-refractivity contribution is 7.99. The van der Waals surface area contributed by atoms with Crippen LogP contribution in [0.2, 0.25) is 0 Å². The maximum atomic E-state index is 12.4. The first-order valence-electron chi connectivity index (χ1n) is 6.79. The van der Waals surface area contributed by atoms with Crippen molar-refractivity contribution >= 4 is 23.6 Å². The predicted molar refractivity (Wildman–Crippen MR) is 79.1 cm³/mol. The lowest BCUT2D eigenvalue weighted by molar-refractivity contribution is -0.141. The Balaban J connectivity index is 2.11. The second-order valence-electron chi connectivity index (χ2n) is 5.19. The zero-order chi connectivity index (χ0) is 14.7. The van der Waals surface area contributed by atoms with Gasteiger partial charge in [-0.1, -0.05) is 13.8 Å². The van der Waals surface area contributed by atoms with Gasteiger partial charge < -0.3 is 10.0 Å². The van der Waals surface area contributed by atoms with Crippen molar-refractivity contribution in [2.75, 3.05) is 6.54 Å². The van der Waals surface area contributed by atoms with Crippen LogP contribution in [0.1, 0.15) is 37.0 Å². The van der Waals surface area contributed by atoms with Crippen molar-refractivity contribution < 1.29 is 14.7 Å². The molecule has 1 aromatic rings. The van der Waals surface area contributed by atoms with Gasteiger partial charge in [0, 0.05) is 22.3 Å². The fraction of sp³-hybridized carbons (Fsp3) is 0.467. The number of likely N-dealkylation sites (tertiary alicyclic amines) is 1. The van der Waals surface area contributed by atoms with Gasteiger partial charge in [0.1, 0.15) is 6.04 Å². The van der Waals surface area contributed by atoms with Gasteiger partial charge in [-0.3, -0.25) is 4.79 Å². The van der Waals surface area contributed by atoms with Crippen LogP contribution in [-0.2, 0) is 4.79 Å². The van der Waals surface area contributed by atoms with Crippen LogP contribution in [-0.4, -0.2) is 39.7 Å². The second kappa shape index (κ2) is 6.31. The Bertz CT molecular complexity index is 498. The van der Waals surface area contributed by atoms with Crippen molar-refractivity contribution in [2.45, 2.75) is 42.9 Å². The van der Waals surface area contributed by atoms with Crippen LogP contribution in [0.4, 0.5) is 0 Å². The molecule has 0 aliphatic carbocycles. The molecule has 20 heavy (non-hydrogen) atoms. The number of carbonyl (C=O) groups excluding carboxylic acids is 1. The van der Waals surface area contributed by atoms with E-state index in [0.717, 1.165) is 11.3 Å². The largest absolute Gasteiger partial charge is 0.480 e. The van der Waals surface area contributed by atoms with Crippen molar-refractivity contribution in [2.24, 2.45) is 0 Å². The number of carboxylic acids is 1. The van der Waals surface area contributed by atoms with E-state index in [9.17, 15) is 9.59 Å². The molecular formula is C15H19NO3S. The minimum absolute atomic E-state index is 0.184. The molecule has 1 aliphatic rings. The topological polar surface area (TPSA) is 57.6 Å². The van der Waals surface area contributed by atoms with E-state index in [1.807, 2.05) is 12.1 Å². The Labute approximate surface area is 123 Å². The average Bonchev–Trinajstić information content (AvgIpc) is 2.87. The summed E-state index contributed by atoms with van der Waals surface area (Å²) >= 11 is 1.74. The Morgan fingerprint density at radius 2 is 1.95 bits per heavy atom. The van der Waals surface area contributed by atoms with Crippen LogP contribution in [0.25, 0.3) is 0 Å². The van der Waals surface area contributed by atoms with E-state index in [1.165, 1.54) is 4.90 Å². The van der Waals surface area contributed by atoms with E-state index in [0.29, 0.717) is 23.8 Å². The second-order valence-corrected chi connectivity index (χ2v) is 6.84. The quantitative estimate of drug-likeness (QED) is 0.867. The van der Waals surface area contributed by atoms with Gasteiger partial charge in [-0.25, -0.2) is 4.79 Å². The van der Waals surface area contributed by atoms with Gasteiger partial charge in [0.05, 0.1) is 0 Å². The Morgan fingerprint density at radius 3 is 2.50 bits per heavy atom. The zero-order valence-corrected chi connectivity index (χ0v) is 12.5. The molecule has 0 unspecified atom stereocenters. The highest BCUT2D eigenvalue weighted by Gasteiger charge is 2.34. The number of benzene rings is 1. The Morgan fingerprint density at radius 1 is 1.30 bits per heavy atom. The number of thioether (sulfide) groups is 1. The molecule has 0 saturated carbocycles. The molecular weight excluding hydrogens is 274 g/mol. The van der Waals surface area contributed by atoms with Crippen LogP contribution in [0, 0.1) is 0 Å². The SMILES string of the molecule is CC(C)Sc1ccc(C(=O)N2CCC[C@H]2C(=O)O)cc1. The first-order valence-corrected chi connectivity index (χ1v) is 7.67. The summed E-state index contributed by atoms with van der Waals surface area (Å²) in [6.07, 6.45) is 1.30. The molecule has 108 valence electrons. The third kappa shape index (κ3) is 3.33.